The minimum atomic E-state index is -0.819. The van der Waals surface area contributed by atoms with E-state index in [0.717, 1.165) is 12.1 Å². The highest BCUT2D eigenvalue weighted by atomic mass is 19.1. The number of ether oxygens (including phenoxy) is 1. The highest BCUT2D eigenvalue weighted by molar-refractivity contribution is 5.71. The van der Waals surface area contributed by atoms with Gasteiger partial charge in [0.15, 0.2) is 0 Å². The van der Waals surface area contributed by atoms with Gasteiger partial charge in [0, 0.05) is 11.5 Å². The van der Waals surface area contributed by atoms with Crippen LogP contribution in [0.4, 0.5) is 8.78 Å². The van der Waals surface area contributed by atoms with Gasteiger partial charge in [0.25, 0.3) is 0 Å². The molecule has 0 aromatic heterocycles. The van der Waals surface area contributed by atoms with E-state index in [1.807, 2.05) is 0 Å². The van der Waals surface area contributed by atoms with Crippen molar-refractivity contribution in [2.24, 2.45) is 0 Å². The third kappa shape index (κ3) is 3.61. The first kappa shape index (κ1) is 15.9. The molecule has 0 saturated carbocycles. The van der Waals surface area contributed by atoms with Crippen LogP contribution in [0.15, 0.2) is 42.5 Å². The average molecular weight is 306 g/mol. The van der Waals surface area contributed by atoms with Crippen molar-refractivity contribution < 1.29 is 23.4 Å². The Bertz CT molecular complexity index is 633. The molecule has 5 heteroatoms. The molecule has 0 aliphatic rings. The molecule has 1 N–H and O–H groups in total. The minimum Gasteiger partial charge on any atom is -0.508 e. The lowest BCUT2D eigenvalue weighted by Crippen LogP contribution is -2.14. The van der Waals surface area contributed by atoms with E-state index < -0.39 is 23.5 Å². The summed E-state index contributed by atoms with van der Waals surface area (Å²) in [5.41, 5.74) is 0.344. The van der Waals surface area contributed by atoms with E-state index in [4.69, 9.17) is 4.74 Å². The Morgan fingerprint density at radius 1 is 1.14 bits per heavy atom. The number of benzene rings is 2. The number of hydrogen-bond acceptors (Lipinski definition) is 3. The maximum Gasteiger partial charge on any atom is 0.306 e. The van der Waals surface area contributed by atoms with Crippen molar-refractivity contribution in [1.82, 2.24) is 0 Å². The maximum absolute atomic E-state index is 14.1. The molecule has 116 valence electrons. The van der Waals surface area contributed by atoms with Crippen molar-refractivity contribution in [3.63, 3.8) is 0 Å². The number of aromatic hydroxyl groups is 1. The predicted octanol–water partition coefficient (Wildman–Crippen LogP) is 3.76. The lowest BCUT2D eigenvalue weighted by molar-refractivity contribution is -0.143. The molecule has 0 spiro atoms. The predicted molar refractivity (Wildman–Crippen MR) is 77.6 cm³/mol. The summed E-state index contributed by atoms with van der Waals surface area (Å²) in [6.07, 6.45) is -0.184. The summed E-state index contributed by atoms with van der Waals surface area (Å²) in [7, 11) is 0. The summed E-state index contributed by atoms with van der Waals surface area (Å²) in [4.78, 5) is 11.8. The number of halogens is 2. The zero-order valence-electron chi connectivity index (χ0n) is 12.1. The molecular weight excluding hydrogens is 290 g/mol. The second-order valence-electron chi connectivity index (χ2n) is 4.79. The van der Waals surface area contributed by atoms with E-state index in [9.17, 15) is 18.7 Å². The van der Waals surface area contributed by atoms with E-state index in [2.05, 4.69) is 0 Å². The fourth-order valence-electron chi connectivity index (χ4n) is 2.32. The van der Waals surface area contributed by atoms with Gasteiger partial charge in [0.1, 0.15) is 17.4 Å². The van der Waals surface area contributed by atoms with E-state index >= 15 is 0 Å². The second-order valence-corrected chi connectivity index (χ2v) is 4.79. The molecule has 0 heterocycles. The fourth-order valence-corrected chi connectivity index (χ4v) is 2.32. The molecule has 2 rings (SSSR count). The van der Waals surface area contributed by atoms with Gasteiger partial charge in [-0.15, -0.1) is 0 Å². The van der Waals surface area contributed by atoms with Crippen LogP contribution in [-0.2, 0) is 9.53 Å². The van der Waals surface area contributed by atoms with Crippen LogP contribution >= 0.6 is 0 Å². The van der Waals surface area contributed by atoms with Crippen LogP contribution in [0.3, 0.4) is 0 Å². The lowest BCUT2D eigenvalue weighted by Gasteiger charge is -2.18. The van der Waals surface area contributed by atoms with Gasteiger partial charge in [-0.2, -0.15) is 0 Å². The smallest absolute Gasteiger partial charge is 0.306 e. The van der Waals surface area contributed by atoms with Gasteiger partial charge in [-0.05, 0) is 36.8 Å². The van der Waals surface area contributed by atoms with E-state index in [0.29, 0.717) is 5.56 Å². The van der Waals surface area contributed by atoms with E-state index in [1.54, 1.807) is 6.92 Å². The van der Waals surface area contributed by atoms with Crippen LogP contribution in [0.2, 0.25) is 0 Å². The Kier molecular flexibility index (Phi) is 5.09. The summed E-state index contributed by atoms with van der Waals surface area (Å²) in [5, 5.41) is 9.34. The molecular formula is C17H16F2O3. The summed E-state index contributed by atoms with van der Waals surface area (Å²) >= 11 is 0. The van der Waals surface area contributed by atoms with Crippen LogP contribution in [0.5, 0.6) is 5.75 Å². The summed E-state index contributed by atoms with van der Waals surface area (Å²) in [6.45, 7) is 1.86. The number of phenolic OH excluding ortho intramolecular Hbond substituents is 1. The fraction of sp³-hybridized carbons (Fsp3) is 0.235. The Morgan fingerprint density at radius 2 is 1.73 bits per heavy atom. The van der Waals surface area contributed by atoms with Crippen LogP contribution < -0.4 is 0 Å². The molecule has 3 nitrogen and oxygen atoms in total. The Morgan fingerprint density at radius 3 is 2.27 bits per heavy atom. The maximum atomic E-state index is 14.1. The Hall–Kier alpha value is -2.43. The van der Waals surface area contributed by atoms with Gasteiger partial charge in [-0.25, -0.2) is 8.78 Å². The zero-order chi connectivity index (χ0) is 16.1. The number of phenols is 1. The highest BCUT2D eigenvalue weighted by Gasteiger charge is 2.25. The van der Waals surface area contributed by atoms with Gasteiger partial charge in [0.2, 0.25) is 0 Å². The molecule has 0 radical (unpaired) electrons. The molecule has 0 amide bonds. The first-order chi connectivity index (χ1) is 10.5. The van der Waals surface area contributed by atoms with Crippen LogP contribution in [0.25, 0.3) is 0 Å². The topological polar surface area (TPSA) is 46.5 Å². The molecule has 1 atom stereocenters. The van der Waals surface area contributed by atoms with E-state index in [-0.39, 0.29) is 24.3 Å². The Labute approximate surface area is 127 Å². The van der Waals surface area contributed by atoms with Crippen molar-refractivity contribution in [3.05, 3.63) is 65.2 Å². The number of rotatable bonds is 5. The monoisotopic (exact) mass is 306 g/mol. The normalized spacial score (nSPS) is 12.0. The van der Waals surface area contributed by atoms with Crippen molar-refractivity contribution in [1.29, 1.82) is 0 Å². The van der Waals surface area contributed by atoms with Crippen LogP contribution in [0, 0.1) is 11.6 Å². The average Bonchev–Trinajstić information content (AvgIpc) is 2.47. The molecule has 0 aliphatic heterocycles. The summed E-state index contributed by atoms with van der Waals surface area (Å²) in [6, 6.07) is 9.45. The number of hydrogen-bond donors (Lipinski definition) is 1. The number of esters is 1. The SMILES string of the molecule is CCOC(=O)CC(c1ccc(O)cc1)c1c(F)cccc1F. The number of carbonyl (C=O) groups excluding carboxylic acids is 1. The molecule has 1 unspecified atom stereocenters. The quantitative estimate of drug-likeness (QED) is 0.856. The first-order valence-corrected chi connectivity index (χ1v) is 6.91. The van der Waals surface area contributed by atoms with Gasteiger partial charge in [-0.1, -0.05) is 18.2 Å². The van der Waals surface area contributed by atoms with Crippen molar-refractivity contribution in [2.75, 3.05) is 6.61 Å². The van der Waals surface area contributed by atoms with Gasteiger partial charge in [-0.3, -0.25) is 4.79 Å². The molecule has 0 aliphatic carbocycles. The summed E-state index contributed by atoms with van der Waals surface area (Å²) in [5.74, 6) is -2.76. The van der Waals surface area contributed by atoms with Crippen molar-refractivity contribution in [2.45, 2.75) is 19.3 Å². The van der Waals surface area contributed by atoms with E-state index in [1.165, 1.54) is 30.3 Å². The van der Waals surface area contributed by atoms with Crippen LogP contribution in [0.1, 0.15) is 30.4 Å². The third-order valence-corrected chi connectivity index (χ3v) is 3.32. The third-order valence-electron chi connectivity index (χ3n) is 3.32. The standard InChI is InChI=1S/C17H16F2O3/c1-2-22-16(21)10-13(11-6-8-12(20)9-7-11)17-14(18)4-3-5-15(17)19/h3-9,13,20H,2,10H2,1H3. The first-order valence-electron chi connectivity index (χ1n) is 6.91. The number of carbonyl (C=O) groups is 1. The summed E-state index contributed by atoms with van der Waals surface area (Å²) < 4.78 is 33.0. The molecule has 0 saturated heterocycles. The van der Waals surface area contributed by atoms with Crippen LogP contribution in [-0.4, -0.2) is 17.7 Å². The lowest BCUT2D eigenvalue weighted by atomic mass is 9.87. The van der Waals surface area contributed by atoms with Gasteiger partial charge < -0.3 is 9.84 Å². The zero-order valence-corrected chi connectivity index (χ0v) is 12.1. The largest absolute Gasteiger partial charge is 0.508 e. The van der Waals surface area contributed by atoms with Gasteiger partial charge >= 0.3 is 5.97 Å². The van der Waals surface area contributed by atoms with Crippen molar-refractivity contribution in [3.8, 4) is 5.75 Å². The highest BCUT2D eigenvalue weighted by Crippen LogP contribution is 2.33. The van der Waals surface area contributed by atoms with Gasteiger partial charge in [0.05, 0.1) is 13.0 Å². The Balaban J connectivity index is 2.45. The molecule has 22 heavy (non-hydrogen) atoms. The molecule has 0 fully saturated rings. The molecule has 2 aromatic rings. The van der Waals surface area contributed by atoms with Crippen molar-refractivity contribution >= 4 is 5.97 Å². The molecule has 2 aromatic carbocycles. The second kappa shape index (κ2) is 7.02. The molecule has 0 bridgehead atoms. The minimum absolute atomic E-state index is 0.0349.